The van der Waals surface area contributed by atoms with Crippen LogP contribution in [-0.2, 0) is 10.5 Å². The first-order valence-electron chi connectivity index (χ1n) is 8.82. The van der Waals surface area contributed by atoms with Crippen LogP contribution in [0.4, 0.5) is 0 Å². The van der Waals surface area contributed by atoms with E-state index in [0.29, 0.717) is 22.1 Å². The highest BCUT2D eigenvalue weighted by Gasteiger charge is 2.17. The number of rotatable bonds is 7. The molecular weight excluding hydrogens is 388 g/mol. The number of carbonyl (C=O) groups excluding carboxylic acids is 1. The third-order valence-electron chi connectivity index (χ3n) is 4.21. The minimum absolute atomic E-state index is 0.0347. The second-order valence-electron chi connectivity index (χ2n) is 6.27. The third kappa shape index (κ3) is 5.63. The molecular formula is C23H19ClN2OS. The molecule has 0 radical (unpaired) electrons. The molecule has 0 aliphatic rings. The second kappa shape index (κ2) is 9.98. The summed E-state index contributed by atoms with van der Waals surface area (Å²) < 4.78 is 0. The van der Waals surface area contributed by atoms with Crippen LogP contribution in [0, 0.1) is 11.3 Å². The predicted molar refractivity (Wildman–Crippen MR) is 115 cm³/mol. The molecule has 0 saturated heterocycles. The van der Waals surface area contributed by atoms with Gasteiger partial charge in [-0.25, -0.2) is 0 Å². The highest BCUT2D eigenvalue weighted by Crippen LogP contribution is 2.24. The fourth-order valence-electron chi connectivity index (χ4n) is 2.83. The normalized spacial score (nSPS) is 11.4. The maximum absolute atomic E-state index is 12.6. The monoisotopic (exact) mass is 406 g/mol. The Balaban J connectivity index is 1.63. The van der Waals surface area contributed by atoms with Crippen LogP contribution >= 0.6 is 23.4 Å². The van der Waals surface area contributed by atoms with Gasteiger partial charge in [-0.15, -0.1) is 11.8 Å². The van der Waals surface area contributed by atoms with Crippen molar-refractivity contribution in [1.82, 2.24) is 5.32 Å². The van der Waals surface area contributed by atoms with Crippen LogP contribution in [0.1, 0.15) is 28.3 Å². The van der Waals surface area contributed by atoms with Crippen molar-refractivity contribution in [3.8, 4) is 6.07 Å². The van der Waals surface area contributed by atoms with Crippen LogP contribution in [0.25, 0.3) is 0 Å². The molecule has 3 rings (SSSR count). The molecule has 5 heteroatoms. The predicted octanol–water partition coefficient (Wildman–Crippen LogP) is 5.35. The van der Waals surface area contributed by atoms with E-state index in [2.05, 4.69) is 11.4 Å². The van der Waals surface area contributed by atoms with Gasteiger partial charge in [0.1, 0.15) is 0 Å². The molecule has 0 aliphatic heterocycles. The summed E-state index contributed by atoms with van der Waals surface area (Å²) in [5.41, 5.74) is 3.68. The molecule has 0 aliphatic carbocycles. The first kappa shape index (κ1) is 20.0. The van der Waals surface area contributed by atoms with Gasteiger partial charge in [0.25, 0.3) is 0 Å². The number of amides is 1. The van der Waals surface area contributed by atoms with Crippen molar-refractivity contribution >= 4 is 29.3 Å². The Bertz CT molecular complexity index is 968. The standard InChI is InChI=1S/C23H19ClN2OS/c24-21-8-4-7-20(13-21)23(19-5-2-1-3-6-19)26-22(27)16-28-15-18-11-9-17(14-25)10-12-18/h1-13,23H,15-16H2,(H,26,27). The molecule has 1 atom stereocenters. The number of hydrogen-bond donors (Lipinski definition) is 1. The topological polar surface area (TPSA) is 52.9 Å². The molecule has 1 amide bonds. The van der Waals surface area contributed by atoms with E-state index in [4.69, 9.17) is 16.9 Å². The van der Waals surface area contributed by atoms with E-state index in [1.54, 1.807) is 23.9 Å². The van der Waals surface area contributed by atoms with Crippen molar-refractivity contribution in [3.63, 3.8) is 0 Å². The Morgan fingerprint density at radius 1 is 1.00 bits per heavy atom. The molecule has 3 aromatic carbocycles. The lowest BCUT2D eigenvalue weighted by atomic mass is 9.99. The van der Waals surface area contributed by atoms with E-state index in [9.17, 15) is 4.79 Å². The van der Waals surface area contributed by atoms with E-state index < -0.39 is 0 Å². The summed E-state index contributed by atoms with van der Waals surface area (Å²) in [4.78, 5) is 12.6. The molecule has 1 N–H and O–H groups in total. The van der Waals surface area contributed by atoms with E-state index in [1.165, 1.54) is 0 Å². The van der Waals surface area contributed by atoms with E-state index >= 15 is 0 Å². The van der Waals surface area contributed by atoms with Gasteiger partial charge in [-0.05, 0) is 41.0 Å². The largest absolute Gasteiger partial charge is 0.344 e. The van der Waals surface area contributed by atoms with Gasteiger partial charge in [-0.1, -0.05) is 66.2 Å². The molecule has 140 valence electrons. The number of nitriles is 1. The Labute approximate surface area is 174 Å². The maximum atomic E-state index is 12.6. The van der Waals surface area contributed by atoms with Crippen LogP contribution in [0.3, 0.4) is 0 Å². The van der Waals surface area contributed by atoms with E-state index in [-0.39, 0.29) is 11.9 Å². The quantitative estimate of drug-likeness (QED) is 0.575. The Morgan fingerprint density at radius 2 is 1.71 bits per heavy atom. The minimum atomic E-state index is -0.247. The Morgan fingerprint density at radius 3 is 2.39 bits per heavy atom. The smallest absolute Gasteiger partial charge is 0.230 e. The molecule has 0 heterocycles. The van der Waals surface area contributed by atoms with Crippen molar-refractivity contribution in [2.45, 2.75) is 11.8 Å². The fraction of sp³-hybridized carbons (Fsp3) is 0.130. The summed E-state index contributed by atoms with van der Waals surface area (Å²) in [6, 6.07) is 26.7. The number of benzene rings is 3. The van der Waals surface area contributed by atoms with Gasteiger partial charge in [0.2, 0.25) is 5.91 Å². The molecule has 0 saturated carbocycles. The summed E-state index contributed by atoms with van der Waals surface area (Å²) in [6.45, 7) is 0. The van der Waals surface area contributed by atoms with Crippen LogP contribution in [0.15, 0.2) is 78.9 Å². The van der Waals surface area contributed by atoms with Gasteiger partial charge < -0.3 is 5.32 Å². The Kier molecular flexibility index (Phi) is 7.13. The minimum Gasteiger partial charge on any atom is -0.344 e. The zero-order valence-corrected chi connectivity index (χ0v) is 16.7. The van der Waals surface area contributed by atoms with Crippen molar-refractivity contribution in [1.29, 1.82) is 5.26 Å². The summed E-state index contributed by atoms with van der Waals surface area (Å²) in [6.07, 6.45) is 0. The number of hydrogen-bond acceptors (Lipinski definition) is 3. The third-order valence-corrected chi connectivity index (χ3v) is 5.44. The lowest BCUT2D eigenvalue weighted by molar-refractivity contribution is -0.119. The molecule has 0 fully saturated rings. The van der Waals surface area contributed by atoms with Crippen molar-refractivity contribution in [2.75, 3.05) is 5.75 Å². The highest BCUT2D eigenvalue weighted by atomic mass is 35.5. The molecule has 3 aromatic rings. The van der Waals surface area contributed by atoms with E-state index in [0.717, 1.165) is 16.7 Å². The molecule has 0 bridgehead atoms. The fourth-order valence-corrected chi connectivity index (χ4v) is 3.83. The molecule has 0 spiro atoms. The maximum Gasteiger partial charge on any atom is 0.230 e. The van der Waals surface area contributed by atoms with Crippen LogP contribution < -0.4 is 5.32 Å². The highest BCUT2D eigenvalue weighted by molar-refractivity contribution is 7.99. The average Bonchev–Trinajstić information content (AvgIpc) is 2.73. The van der Waals surface area contributed by atoms with Crippen LogP contribution in [-0.4, -0.2) is 11.7 Å². The van der Waals surface area contributed by atoms with Gasteiger partial charge >= 0.3 is 0 Å². The number of carbonyl (C=O) groups is 1. The number of halogens is 1. The zero-order chi connectivity index (χ0) is 19.8. The second-order valence-corrected chi connectivity index (χ2v) is 7.69. The molecule has 3 nitrogen and oxygen atoms in total. The Hall–Kier alpha value is -2.74. The zero-order valence-electron chi connectivity index (χ0n) is 15.1. The number of nitrogens with zero attached hydrogens (tertiary/aromatic N) is 1. The summed E-state index contributed by atoms with van der Waals surface area (Å²) >= 11 is 7.69. The summed E-state index contributed by atoms with van der Waals surface area (Å²) in [7, 11) is 0. The first-order valence-corrected chi connectivity index (χ1v) is 10.4. The van der Waals surface area contributed by atoms with Crippen molar-refractivity contribution in [2.24, 2.45) is 0 Å². The SMILES string of the molecule is N#Cc1ccc(CSCC(=O)NC(c2ccccc2)c2cccc(Cl)c2)cc1. The van der Waals surface area contributed by atoms with Crippen molar-refractivity contribution in [3.05, 3.63) is 106 Å². The van der Waals surface area contributed by atoms with Gasteiger partial charge in [-0.2, -0.15) is 5.26 Å². The first-order chi connectivity index (χ1) is 13.7. The summed E-state index contributed by atoms with van der Waals surface area (Å²) in [5, 5.41) is 12.6. The van der Waals surface area contributed by atoms with Gasteiger partial charge in [0, 0.05) is 10.8 Å². The lowest BCUT2D eigenvalue weighted by Crippen LogP contribution is -2.30. The lowest BCUT2D eigenvalue weighted by Gasteiger charge is -2.20. The summed E-state index contributed by atoms with van der Waals surface area (Å²) in [5.74, 6) is 1.03. The van der Waals surface area contributed by atoms with Gasteiger partial charge in [-0.3, -0.25) is 4.79 Å². The van der Waals surface area contributed by atoms with Gasteiger partial charge in [0.05, 0.1) is 23.4 Å². The van der Waals surface area contributed by atoms with Crippen LogP contribution in [0.5, 0.6) is 0 Å². The molecule has 28 heavy (non-hydrogen) atoms. The van der Waals surface area contributed by atoms with Crippen LogP contribution in [0.2, 0.25) is 5.02 Å². The molecule has 0 aromatic heterocycles. The average molecular weight is 407 g/mol. The number of thioether (sulfide) groups is 1. The van der Waals surface area contributed by atoms with E-state index in [1.807, 2.05) is 66.7 Å². The van der Waals surface area contributed by atoms with Gasteiger partial charge in [0.15, 0.2) is 0 Å². The van der Waals surface area contributed by atoms with Crippen molar-refractivity contribution < 1.29 is 4.79 Å². The number of nitrogens with one attached hydrogen (secondary N) is 1. The molecule has 1 unspecified atom stereocenters.